The molecule has 2 aromatic carbocycles. The predicted molar refractivity (Wildman–Crippen MR) is 192 cm³/mol. The molecule has 0 N–H and O–H groups in total. The third kappa shape index (κ3) is 19.7. The van der Waals surface area contributed by atoms with Crippen LogP contribution in [-0.2, 0) is 13.1 Å². The van der Waals surface area contributed by atoms with Gasteiger partial charge in [0.2, 0.25) is 0 Å². The first-order valence-electron chi connectivity index (χ1n) is 18.4. The smallest absolute Gasteiger partial charge is 0.105 e. The van der Waals surface area contributed by atoms with Crippen molar-refractivity contribution in [2.45, 2.75) is 154 Å². The molecule has 1 nitrogen and oxygen atoms in total. The molecule has 0 aliphatic carbocycles. The standard InChI is InChI=1S/C42H68N/c1-3-5-7-9-11-13-15-17-19-21-23-31-37-43(39-41-33-27-25-28-34-41,40-42-35-29-26-30-36-42)38-32-24-22-20-18-16-14-12-10-8-6-4-2/h3-4,25-30,33-36H,1-2,5-24,31-32,37-40H2/q+1. The van der Waals surface area contributed by atoms with Gasteiger partial charge in [0.05, 0.1) is 13.1 Å². The second kappa shape index (κ2) is 26.3. The molecule has 0 atom stereocenters. The van der Waals surface area contributed by atoms with Gasteiger partial charge in [0.15, 0.2) is 0 Å². The van der Waals surface area contributed by atoms with Gasteiger partial charge >= 0.3 is 0 Å². The molecular formula is C42H68N+. The Bertz CT molecular complexity index is 810. The van der Waals surface area contributed by atoms with E-state index in [0.717, 1.165) is 13.1 Å². The average Bonchev–Trinajstić information content (AvgIpc) is 3.03. The van der Waals surface area contributed by atoms with Crippen molar-refractivity contribution in [2.24, 2.45) is 0 Å². The SMILES string of the molecule is C=CCCCCCCCCCCCC[N+](CCCCCCCCCCCCC=C)(Cc1ccccc1)Cc1ccccc1. The fourth-order valence-electron chi connectivity index (χ4n) is 6.73. The van der Waals surface area contributed by atoms with E-state index in [2.05, 4.69) is 86.0 Å². The number of rotatable bonds is 30. The van der Waals surface area contributed by atoms with Crippen LogP contribution >= 0.6 is 0 Å². The first-order valence-corrected chi connectivity index (χ1v) is 18.4. The number of unbranched alkanes of at least 4 members (excludes halogenated alkanes) is 20. The van der Waals surface area contributed by atoms with Crippen LogP contribution in [0.2, 0.25) is 0 Å². The number of allylic oxidation sites excluding steroid dienone is 2. The van der Waals surface area contributed by atoms with Crippen molar-refractivity contribution in [3.63, 3.8) is 0 Å². The summed E-state index contributed by atoms with van der Waals surface area (Å²) in [5.41, 5.74) is 3.00. The van der Waals surface area contributed by atoms with Gasteiger partial charge in [-0.3, -0.25) is 0 Å². The van der Waals surface area contributed by atoms with Crippen molar-refractivity contribution in [1.82, 2.24) is 0 Å². The molecule has 0 amide bonds. The number of hydrogen-bond donors (Lipinski definition) is 0. The number of quaternary nitrogens is 1. The van der Waals surface area contributed by atoms with E-state index >= 15 is 0 Å². The lowest BCUT2D eigenvalue weighted by molar-refractivity contribution is -0.954. The van der Waals surface area contributed by atoms with Crippen LogP contribution < -0.4 is 0 Å². The highest BCUT2D eigenvalue weighted by Gasteiger charge is 2.27. The molecular weight excluding hydrogens is 518 g/mol. The maximum absolute atomic E-state index is 3.84. The molecule has 0 heterocycles. The van der Waals surface area contributed by atoms with E-state index < -0.39 is 0 Å². The summed E-state index contributed by atoms with van der Waals surface area (Å²) in [4.78, 5) is 0. The quantitative estimate of drug-likeness (QED) is 0.0485. The molecule has 0 spiro atoms. The van der Waals surface area contributed by atoms with E-state index in [9.17, 15) is 0 Å². The lowest BCUT2D eigenvalue weighted by Crippen LogP contribution is -2.48. The van der Waals surface area contributed by atoms with Crippen LogP contribution in [-0.4, -0.2) is 17.6 Å². The number of nitrogens with zero attached hydrogens (tertiary/aromatic N) is 1. The van der Waals surface area contributed by atoms with E-state index in [4.69, 9.17) is 0 Å². The summed E-state index contributed by atoms with van der Waals surface area (Å²) in [5, 5.41) is 0. The van der Waals surface area contributed by atoms with Gasteiger partial charge < -0.3 is 4.48 Å². The summed E-state index contributed by atoms with van der Waals surface area (Å²) in [6, 6.07) is 22.7. The monoisotopic (exact) mass is 587 g/mol. The molecule has 0 aliphatic rings. The van der Waals surface area contributed by atoms with Gasteiger partial charge in [0.1, 0.15) is 13.1 Å². The Balaban J connectivity index is 1.81. The third-order valence-corrected chi connectivity index (χ3v) is 9.30. The van der Waals surface area contributed by atoms with Gasteiger partial charge in [0, 0.05) is 11.1 Å². The average molecular weight is 587 g/mol. The van der Waals surface area contributed by atoms with Crippen molar-refractivity contribution in [2.75, 3.05) is 13.1 Å². The molecule has 43 heavy (non-hydrogen) atoms. The Hall–Kier alpha value is -2.12. The van der Waals surface area contributed by atoms with Crippen LogP contribution in [0.25, 0.3) is 0 Å². The molecule has 1 heteroatoms. The Morgan fingerprint density at radius 1 is 0.372 bits per heavy atom. The summed E-state index contributed by atoms with van der Waals surface area (Å²) in [6.07, 6.45) is 34.4. The highest BCUT2D eigenvalue weighted by molar-refractivity contribution is 5.15. The van der Waals surface area contributed by atoms with Crippen LogP contribution in [0, 0.1) is 0 Å². The molecule has 0 fully saturated rings. The molecule has 240 valence electrons. The first-order chi connectivity index (χ1) is 21.3. The zero-order valence-electron chi connectivity index (χ0n) is 28.2. The molecule has 0 saturated heterocycles. The summed E-state index contributed by atoms with van der Waals surface area (Å²) >= 11 is 0. The Morgan fingerprint density at radius 3 is 0.953 bits per heavy atom. The van der Waals surface area contributed by atoms with Gasteiger partial charge in [-0.05, 0) is 51.4 Å². The highest BCUT2D eigenvalue weighted by Crippen LogP contribution is 2.24. The van der Waals surface area contributed by atoms with Crippen molar-refractivity contribution in [3.8, 4) is 0 Å². The summed E-state index contributed by atoms with van der Waals surface area (Å²) < 4.78 is 1.21. The van der Waals surface area contributed by atoms with Crippen LogP contribution in [0.3, 0.4) is 0 Å². The number of hydrogen-bond acceptors (Lipinski definition) is 0. The largest absolute Gasteiger partial charge is 0.316 e. The molecule has 0 aromatic heterocycles. The number of benzene rings is 2. The molecule has 0 unspecified atom stereocenters. The van der Waals surface area contributed by atoms with E-state index in [0.29, 0.717) is 0 Å². The Kier molecular flexibility index (Phi) is 22.7. The van der Waals surface area contributed by atoms with Gasteiger partial charge in [-0.1, -0.05) is 163 Å². The molecule has 2 rings (SSSR count). The second-order valence-corrected chi connectivity index (χ2v) is 13.3. The summed E-state index contributed by atoms with van der Waals surface area (Å²) in [6.45, 7) is 12.6. The first kappa shape index (κ1) is 37.1. The van der Waals surface area contributed by atoms with Gasteiger partial charge in [-0.25, -0.2) is 0 Å². The van der Waals surface area contributed by atoms with E-state index in [-0.39, 0.29) is 0 Å². The molecule has 0 bridgehead atoms. The van der Waals surface area contributed by atoms with Crippen molar-refractivity contribution >= 4 is 0 Å². The van der Waals surface area contributed by atoms with Crippen LogP contribution in [0.4, 0.5) is 0 Å². The minimum absolute atomic E-state index is 1.16. The van der Waals surface area contributed by atoms with E-state index in [1.54, 1.807) is 0 Å². The van der Waals surface area contributed by atoms with Crippen molar-refractivity contribution < 1.29 is 4.48 Å². The third-order valence-electron chi connectivity index (χ3n) is 9.30. The van der Waals surface area contributed by atoms with Gasteiger partial charge in [-0.15, -0.1) is 13.2 Å². The van der Waals surface area contributed by atoms with Crippen molar-refractivity contribution in [3.05, 3.63) is 97.1 Å². The molecule has 0 radical (unpaired) electrons. The maximum atomic E-state index is 3.84. The second-order valence-electron chi connectivity index (χ2n) is 13.3. The van der Waals surface area contributed by atoms with Gasteiger partial charge in [-0.2, -0.15) is 0 Å². The normalized spacial score (nSPS) is 11.5. The summed E-state index contributed by atoms with van der Waals surface area (Å²) in [5.74, 6) is 0. The van der Waals surface area contributed by atoms with Gasteiger partial charge in [0.25, 0.3) is 0 Å². The van der Waals surface area contributed by atoms with Crippen LogP contribution in [0.15, 0.2) is 86.0 Å². The van der Waals surface area contributed by atoms with Crippen LogP contribution in [0.5, 0.6) is 0 Å². The fraction of sp³-hybridized carbons (Fsp3) is 0.619. The lowest BCUT2D eigenvalue weighted by Gasteiger charge is -2.39. The Morgan fingerprint density at radius 2 is 0.651 bits per heavy atom. The molecule has 0 saturated carbocycles. The topological polar surface area (TPSA) is 0 Å². The zero-order valence-corrected chi connectivity index (χ0v) is 28.2. The molecule has 0 aliphatic heterocycles. The van der Waals surface area contributed by atoms with E-state index in [1.807, 2.05) is 0 Å². The maximum Gasteiger partial charge on any atom is 0.105 e. The Labute approximate surface area is 268 Å². The fourth-order valence-corrected chi connectivity index (χ4v) is 6.73. The minimum Gasteiger partial charge on any atom is -0.316 e. The summed E-state index contributed by atoms with van der Waals surface area (Å²) in [7, 11) is 0. The van der Waals surface area contributed by atoms with E-state index in [1.165, 1.54) is 170 Å². The minimum atomic E-state index is 1.16. The van der Waals surface area contributed by atoms with Crippen molar-refractivity contribution in [1.29, 1.82) is 0 Å². The highest BCUT2D eigenvalue weighted by atomic mass is 15.3. The lowest BCUT2D eigenvalue weighted by atomic mass is 10.0. The predicted octanol–water partition coefficient (Wildman–Crippen LogP) is 13.2. The molecule has 2 aromatic rings. The van der Waals surface area contributed by atoms with Crippen LogP contribution in [0.1, 0.15) is 152 Å². The zero-order chi connectivity index (χ0) is 30.5.